The number of rotatable bonds is 3. The van der Waals surface area contributed by atoms with Crippen molar-refractivity contribution in [2.24, 2.45) is 0 Å². The van der Waals surface area contributed by atoms with Crippen LogP contribution in [0.5, 0.6) is 5.75 Å². The molecule has 4 heteroatoms. The molecular formula is C15H14FNO2. The first-order valence-corrected chi connectivity index (χ1v) is 5.82. The van der Waals surface area contributed by atoms with E-state index in [0.717, 1.165) is 5.56 Å². The summed E-state index contributed by atoms with van der Waals surface area (Å²) in [6.45, 7) is 1.86. The SMILES string of the molecule is COc1c(C)cccc1C(=O)Nc1cccc(F)c1. The molecule has 0 aliphatic rings. The van der Waals surface area contributed by atoms with Crippen LogP contribution in [0.1, 0.15) is 15.9 Å². The maximum absolute atomic E-state index is 13.1. The maximum Gasteiger partial charge on any atom is 0.259 e. The van der Waals surface area contributed by atoms with Crippen LogP contribution < -0.4 is 10.1 Å². The summed E-state index contributed by atoms with van der Waals surface area (Å²) in [7, 11) is 1.52. The van der Waals surface area contributed by atoms with E-state index in [9.17, 15) is 9.18 Å². The lowest BCUT2D eigenvalue weighted by atomic mass is 10.1. The summed E-state index contributed by atoms with van der Waals surface area (Å²) < 4.78 is 18.3. The van der Waals surface area contributed by atoms with Crippen LogP contribution in [0.2, 0.25) is 0 Å². The van der Waals surface area contributed by atoms with Gasteiger partial charge in [0.25, 0.3) is 5.91 Å². The summed E-state index contributed by atoms with van der Waals surface area (Å²) in [5.74, 6) is -0.198. The molecule has 0 saturated heterocycles. The van der Waals surface area contributed by atoms with Gasteiger partial charge < -0.3 is 10.1 Å². The van der Waals surface area contributed by atoms with Crippen molar-refractivity contribution < 1.29 is 13.9 Å². The fourth-order valence-electron chi connectivity index (χ4n) is 1.87. The summed E-state index contributed by atoms with van der Waals surface area (Å²) in [4.78, 5) is 12.1. The van der Waals surface area contributed by atoms with Crippen LogP contribution in [-0.2, 0) is 0 Å². The average molecular weight is 259 g/mol. The van der Waals surface area contributed by atoms with Crippen LogP contribution >= 0.6 is 0 Å². The monoisotopic (exact) mass is 259 g/mol. The van der Waals surface area contributed by atoms with E-state index < -0.39 is 5.82 Å². The Hall–Kier alpha value is -2.36. The molecule has 19 heavy (non-hydrogen) atoms. The number of nitrogens with one attached hydrogen (secondary N) is 1. The van der Waals surface area contributed by atoms with E-state index in [1.165, 1.54) is 19.2 Å². The van der Waals surface area contributed by atoms with Gasteiger partial charge in [-0.1, -0.05) is 18.2 Å². The highest BCUT2D eigenvalue weighted by atomic mass is 19.1. The van der Waals surface area contributed by atoms with E-state index in [-0.39, 0.29) is 5.91 Å². The number of para-hydroxylation sites is 1. The van der Waals surface area contributed by atoms with Crippen molar-refractivity contribution in [3.8, 4) is 5.75 Å². The molecule has 0 aliphatic heterocycles. The lowest BCUT2D eigenvalue weighted by Gasteiger charge is -2.11. The second-order valence-electron chi connectivity index (χ2n) is 4.12. The van der Waals surface area contributed by atoms with Crippen molar-refractivity contribution >= 4 is 11.6 Å². The van der Waals surface area contributed by atoms with E-state index in [4.69, 9.17) is 4.74 Å². The first-order chi connectivity index (χ1) is 9.11. The average Bonchev–Trinajstić information content (AvgIpc) is 2.38. The largest absolute Gasteiger partial charge is 0.496 e. The predicted molar refractivity (Wildman–Crippen MR) is 72.1 cm³/mol. The van der Waals surface area contributed by atoms with Gasteiger partial charge in [0.2, 0.25) is 0 Å². The Morgan fingerprint density at radius 2 is 1.95 bits per heavy atom. The van der Waals surface area contributed by atoms with Crippen LogP contribution in [0, 0.1) is 12.7 Å². The Morgan fingerprint density at radius 1 is 1.21 bits per heavy atom. The predicted octanol–water partition coefficient (Wildman–Crippen LogP) is 3.40. The van der Waals surface area contributed by atoms with Gasteiger partial charge in [-0.2, -0.15) is 0 Å². The summed E-state index contributed by atoms with van der Waals surface area (Å²) in [6.07, 6.45) is 0. The Balaban J connectivity index is 2.28. The van der Waals surface area contributed by atoms with E-state index in [1.54, 1.807) is 24.3 Å². The van der Waals surface area contributed by atoms with Crippen molar-refractivity contribution in [3.05, 3.63) is 59.4 Å². The lowest BCUT2D eigenvalue weighted by molar-refractivity contribution is 0.102. The zero-order valence-electron chi connectivity index (χ0n) is 10.7. The first kappa shape index (κ1) is 13.1. The summed E-state index contributed by atoms with van der Waals surface area (Å²) in [5.41, 5.74) is 1.70. The molecule has 98 valence electrons. The smallest absolute Gasteiger partial charge is 0.259 e. The second-order valence-corrected chi connectivity index (χ2v) is 4.12. The molecule has 2 aromatic carbocycles. The molecule has 0 aliphatic carbocycles. The van der Waals surface area contributed by atoms with Crippen molar-refractivity contribution in [1.82, 2.24) is 0 Å². The van der Waals surface area contributed by atoms with Gasteiger partial charge in [0.05, 0.1) is 12.7 Å². The Bertz CT molecular complexity index is 611. The number of methoxy groups -OCH3 is 1. The number of amides is 1. The van der Waals surface area contributed by atoms with Gasteiger partial charge in [-0.15, -0.1) is 0 Å². The molecule has 2 aromatic rings. The van der Waals surface area contributed by atoms with Crippen LogP contribution in [0.4, 0.5) is 10.1 Å². The van der Waals surface area contributed by atoms with Crippen LogP contribution in [-0.4, -0.2) is 13.0 Å². The molecule has 1 N–H and O–H groups in total. The Kier molecular flexibility index (Phi) is 3.80. The molecule has 1 amide bonds. The van der Waals surface area contributed by atoms with Gasteiger partial charge in [0.15, 0.2) is 0 Å². The third kappa shape index (κ3) is 2.91. The quantitative estimate of drug-likeness (QED) is 0.917. The number of hydrogen-bond acceptors (Lipinski definition) is 2. The Labute approximate surface area is 111 Å². The van der Waals surface area contributed by atoms with Crippen molar-refractivity contribution in [2.45, 2.75) is 6.92 Å². The summed E-state index contributed by atoms with van der Waals surface area (Å²) in [6, 6.07) is 11.1. The molecule has 0 aromatic heterocycles. The molecule has 0 bridgehead atoms. The van der Waals surface area contributed by atoms with Gasteiger partial charge in [0, 0.05) is 5.69 Å². The zero-order valence-corrected chi connectivity index (χ0v) is 10.7. The van der Waals surface area contributed by atoms with Crippen LogP contribution in [0.15, 0.2) is 42.5 Å². The number of anilines is 1. The first-order valence-electron chi connectivity index (χ1n) is 5.82. The summed E-state index contributed by atoms with van der Waals surface area (Å²) in [5, 5.41) is 2.64. The topological polar surface area (TPSA) is 38.3 Å². The van der Waals surface area contributed by atoms with Gasteiger partial charge in [-0.3, -0.25) is 4.79 Å². The minimum absolute atomic E-state index is 0.328. The number of benzene rings is 2. The molecule has 0 radical (unpaired) electrons. The van der Waals surface area contributed by atoms with Gasteiger partial charge in [-0.05, 0) is 36.8 Å². The number of carbonyl (C=O) groups excluding carboxylic acids is 1. The van der Waals surface area contributed by atoms with E-state index in [1.807, 2.05) is 13.0 Å². The van der Waals surface area contributed by atoms with Crippen molar-refractivity contribution in [3.63, 3.8) is 0 Å². The maximum atomic E-state index is 13.1. The van der Waals surface area contributed by atoms with E-state index in [0.29, 0.717) is 17.0 Å². The minimum Gasteiger partial charge on any atom is -0.496 e. The number of ether oxygens (including phenoxy) is 1. The lowest BCUT2D eigenvalue weighted by Crippen LogP contribution is -2.13. The fourth-order valence-corrected chi connectivity index (χ4v) is 1.87. The van der Waals surface area contributed by atoms with Crippen LogP contribution in [0.3, 0.4) is 0 Å². The number of hydrogen-bond donors (Lipinski definition) is 1. The molecule has 0 atom stereocenters. The van der Waals surface area contributed by atoms with Gasteiger partial charge >= 0.3 is 0 Å². The third-order valence-corrected chi connectivity index (χ3v) is 2.74. The highest BCUT2D eigenvalue weighted by Gasteiger charge is 2.14. The van der Waals surface area contributed by atoms with E-state index >= 15 is 0 Å². The van der Waals surface area contributed by atoms with Gasteiger partial charge in [-0.25, -0.2) is 4.39 Å². The highest BCUT2D eigenvalue weighted by molar-refractivity contribution is 6.06. The van der Waals surface area contributed by atoms with Crippen LogP contribution in [0.25, 0.3) is 0 Å². The number of carbonyl (C=O) groups is 1. The molecule has 0 saturated carbocycles. The van der Waals surface area contributed by atoms with Crippen molar-refractivity contribution in [1.29, 1.82) is 0 Å². The minimum atomic E-state index is -0.394. The molecule has 0 fully saturated rings. The number of halogens is 1. The molecule has 0 unspecified atom stereocenters. The molecule has 0 spiro atoms. The standard InChI is InChI=1S/C15H14FNO2/c1-10-5-3-8-13(14(10)19-2)15(18)17-12-7-4-6-11(16)9-12/h3-9H,1-2H3,(H,17,18). The van der Waals surface area contributed by atoms with Gasteiger partial charge in [0.1, 0.15) is 11.6 Å². The third-order valence-electron chi connectivity index (χ3n) is 2.74. The molecule has 0 heterocycles. The molecular weight excluding hydrogens is 245 g/mol. The normalized spacial score (nSPS) is 10.1. The van der Waals surface area contributed by atoms with Crippen molar-refractivity contribution in [2.75, 3.05) is 12.4 Å². The zero-order chi connectivity index (χ0) is 13.8. The molecule has 2 rings (SSSR count). The number of aryl methyl sites for hydroxylation is 1. The fraction of sp³-hybridized carbons (Fsp3) is 0.133. The summed E-state index contributed by atoms with van der Waals surface area (Å²) >= 11 is 0. The second kappa shape index (κ2) is 5.52. The Morgan fingerprint density at radius 3 is 2.63 bits per heavy atom. The highest BCUT2D eigenvalue weighted by Crippen LogP contribution is 2.24. The molecule has 3 nitrogen and oxygen atoms in total. The van der Waals surface area contributed by atoms with E-state index in [2.05, 4.69) is 5.32 Å².